The number of anilines is 5. The molecule has 0 amide bonds. The van der Waals surface area contributed by atoms with Gasteiger partial charge >= 0.3 is 0 Å². The second-order valence-corrected chi connectivity index (χ2v) is 9.56. The highest BCUT2D eigenvalue weighted by atomic mass is 16.3. The summed E-state index contributed by atoms with van der Waals surface area (Å²) in [5.41, 5.74) is 9.63. The van der Waals surface area contributed by atoms with E-state index in [9.17, 15) is 0 Å². The van der Waals surface area contributed by atoms with Crippen LogP contribution in [-0.2, 0) is 0 Å². The van der Waals surface area contributed by atoms with Crippen LogP contribution in [0.3, 0.4) is 0 Å². The third kappa shape index (κ3) is 4.51. The highest BCUT2D eigenvalue weighted by Gasteiger charge is 2.12. The van der Waals surface area contributed by atoms with Gasteiger partial charge in [0, 0.05) is 39.2 Å². The van der Waals surface area contributed by atoms with E-state index in [2.05, 4.69) is 125 Å². The van der Waals surface area contributed by atoms with Gasteiger partial charge in [0.1, 0.15) is 11.2 Å². The lowest BCUT2D eigenvalue weighted by atomic mass is 10.0. The Kier molecular flexibility index (Phi) is 5.80. The van der Waals surface area contributed by atoms with Crippen LogP contribution in [0.4, 0.5) is 28.4 Å². The van der Waals surface area contributed by atoms with Gasteiger partial charge in [-0.2, -0.15) is 0 Å². The number of nitrogens with zero attached hydrogens (tertiary/aromatic N) is 1. The van der Waals surface area contributed by atoms with Gasteiger partial charge in [-0.15, -0.1) is 0 Å². The number of benzene rings is 6. The first kappa shape index (κ1) is 22.9. The molecule has 0 saturated heterocycles. The van der Waals surface area contributed by atoms with Crippen molar-refractivity contribution >= 4 is 50.4 Å². The number of hydrogen-bond donors (Lipinski definition) is 1. The van der Waals surface area contributed by atoms with Crippen molar-refractivity contribution in [3.05, 3.63) is 152 Å². The van der Waals surface area contributed by atoms with Gasteiger partial charge in [0.15, 0.2) is 0 Å². The monoisotopic (exact) mass is 502 g/mol. The number of furan rings is 1. The minimum Gasteiger partial charge on any atom is -0.456 e. The summed E-state index contributed by atoms with van der Waals surface area (Å²) in [5.74, 6) is 0. The first-order valence-electron chi connectivity index (χ1n) is 13.1. The number of fused-ring (bicyclic) bond motifs is 3. The summed E-state index contributed by atoms with van der Waals surface area (Å²) in [6.07, 6.45) is 0. The van der Waals surface area contributed by atoms with E-state index in [4.69, 9.17) is 4.42 Å². The van der Waals surface area contributed by atoms with Gasteiger partial charge in [0.25, 0.3) is 0 Å². The van der Waals surface area contributed by atoms with E-state index in [1.54, 1.807) is 0 Å². The third-order valence-electron chi connectivity index (χ3n) is 7.04. The van der Waals surface area contributed by atoms with Crippen LogP contribution in [0.15, 0.2) is 156 Å². The predicted octanol–water partition coefficient (Wildman–Crippen LogP) is 10.5. The smallest absolute Gasteiger partial charge is 0.135 e. The molecule has 3 nitrogen and oxygen atoms in total. The van der Waals surface area contributed by atoms with E-state index in [0.29, 0.717) is 0 Å². The van der Waals surface area contributed by atoms with Crippen LogP contribution in [0.1, 0.15) is 0 Å². The molecule has 6 aromatic carbocycles. The molecular formula is C36H26N2O. The lowest BCUT2D eigenvalue weighted by Gasteiger charge is -2.25. The maximum Gasteiger partial charge on any atom is 0.135 e. The van der Waals surface area contributed by atoms with Gasteiger partial charge in [-0.25, -0.2) is 0 Å². The number of nitrogens with one attached hydrogen (secondary N) is 1. The van der Waals surface area contributed by atoms with E-state index >= 15 is 0 Å². The van der Waals surface area contributed by atoms with Crippen molar-refractivity contribution in [3.8, 4) is 11.1 Å². The van der Waals surface area contributed by atoms with Gasteiger partial charge in [-0.3, -0.25) is 0 Å². The molecule has 0 aliphatic rings. The maximum absolute atomic E-state index is 5.96. The lowest BCUT2D eigenvalue weighted by molar-refractivity contribution is 0.669. The van der Waals surface area contributed by atoms with Crippen molar-refractivity contribution in [2.24, 2.45) is 0 Å². The fourth-order valence-electron chi connectivity index (χ4n) is 5.12. The molecular weight excluding hydrogens is 476 g/mol. The summed E-state index contributed by atoms with van der Waals surface area (Å²) >= 11 is 0. The van der Waals surface area contributed by atoms with Crippen molar-refractivity contribution in [2.45, 2.75) is 0 Å². The zero-order chi connectivity index (χ0) is 26.0. The first-order valence-corrected chi connectivity index (χ1v) is 13.1. The SMILES string of the molecule is c1ccc(N(c2ccccc2)c2ccc(-c3ccc(Nc4ccc5oc6ccccc6c5c4)cc3)cc2)cc1. The lowest BCUT2D eigenvalue weighted by Crippen LogP contribution is -2.09. The third-order valence-corrected chi connectivity index (χ3v) is 7.04. The van der Waals surface area contributed by atoms with Gasteiger partial charge in [-0.1, -0.05) is 78.9 Å². The van der Waals surface area contributed by atoms with Crippen LogP contribution in [0, 0.1) is 0 Å². The molecule has 0 atom stereocenters. The minimum absolute atomic E-state index is 0.902. The first-order chi connectivity index (χ1) is 19.3. The van der Waals surface area contributed by atoms with Gasteiger partial charge in [0.05, 0.1) is 0 Å². The molecule has 0 aliphatic heterocycles. The highest BCUT2D eigenvalue weighted by Crippen LogP contribution is 2.36. The average molecular weight is 503 g/mol. The van der Waals surface area contributed by atoms with Crippen molar-refractivity contribution in [1.82, 2.24) is 0 Å². The zero-order valence-corrected chi connectivity index (χ0v) is 21.3. The molecule has 0 spiro atoms. The Morgan fingerprint density at radius 2 is 0.923 bits per heavy atom. The standard InChI is InChI=1S/C36H26N2O/c1-3-9-30(10-4-1)38(31-11-5-2-6-12-31)32-22-17-27(18-23-32)26-15-19-28(20-16-26)37-29-21-24-36-34(25-29)33-13-7-8-14-35(33)39-36/h1-25,37H. The molecule has 0 saturated carbocycles. The fourth-order valence-corrected chi connectivity index (χ4v) is 5.12. The number of rotatable bonds is 6. The highest BCUT2D eigenvalue weighted by molar-refractivity contribution is 6.06. The van der Waals surface area contributed by atoms with Crippen LogP contribution < -0.4 is 10.2 Å². The second kappa shape index (κ2) is 9.88. The molecule has 3 heteroatoms. The molecule has 39 heavy (non-hydrogen) atoms. The molecule has 1 N–H and O–H groups in total. The summed E-state index contributed by atoms with van der Waals surface area (Å²) in [5, 5.41) is 5.79. The Morgan fingerprint density at radius 3 is 1.59 bits per heavy atom. The van der Waals surface area contributed by atoms with Crippen molar-refractivity contribution in [2.75, 3.05) is 10.2 Å². The van der Waals surface area contributed by atoms with E-state index in [1.807, 2.05) is 36.4 Å². The summed E-state index contributed by atoms with van der Waals surface area (Å²) in [7, 11) is 0. The molecule has 0 fully saturated rings. The largest absolute Gasteiger partial charge is 0.456 e. The summed E-state index contributed by atoms with van der Waals surface area (Å²) < 4.78 is 5.96. The normalized spacial score (nSPS) is 11.1. The van der Waals surface area contributed by atoms with Crippen LogP contribution >= 0.6 is 0 Å². The Labute approximate surface area is 227 Å². The molecule has 1 heterocycles. The number of hydrogen-bond acceptors (Lipinski definition) is 3. The second-order valence-electron chi connectivity index (χ2n) is 9.56. The molecule has 0 radical (unpaired) electrons. The van der Waals surface area contributed by atoms with Crippen molar-refractivity contribution in [3.63, 3.8) is 0 Å². The Morgan fingerprint density at radius 1 is 0.410 bits per heavy atom. The molecule has 0 aliphatic carbocycles. The fraction of sp³-hybridized carbons (Fsp3) is 0. The maximum atomic E-state index is 5.96. The molecule has 186 valence electrons. The number of para-hydroxylation sites is 3. The molecule has 7 rings (SSSR count). The minimum atomic E-state index is 0.902. The zero-order valence-electron chi connectivity index (χ0n) is 21.3. The van der Waals surface area contributed by atoms with Crippen LogP contribution in [0.25, 0.3) is 33.1 Å². The van der Waals surface area contributed by atoms with Crippen LogP contribution in [-0.4, -0.2) is 0 Å². The molecule has 0 unspecified atom stereocenters. The quantitative estimate of drug-likeness (QED) is 0.245. The van der Waals surface area contributed by atoms with E-state index < -0.39 is 0 Å². The molecule has 1 aromatic heterocycles. The van der Waals surface area contributed by atoms with E-state index in [1.165, 1.54) is 11.1 Å². The van der Waals surface area contributed by atoms with E-state index in [-0.39, 0.29) is 0 Å². The Hall–Kier alpha value is -5.28. The van der Waals surface area contributed by atoms with Crippen molar-refractivity contribution in [1.29, 1.82) is 0 Å². The topological polar surface area (TPSA) is 28.4 Å². The Bertz CT molecular complexity index is 1820. The summed E-state index contributed by atoms with van der Waals surface area (Å²) in [6.45, 7) is 0. The molecule has 0 bridgehead atoms. The summed E-state index contributed by atoms with van der Waals surface area (Å²) in [6, 6.07) is 52.7. The van der Waals surface area contributed by atoms with E-state index in [0.717, 1.165) is 50.4 Å². The average Bonchev–Trinajstić information content (AvgIpc) is 3.37. The van der Waals surface area contributed by atoms with Crippen molar-refractivity contribution < 1.29 is 4.42 Å². The van der Waals surface area contributed by atoms with Gasteiger partial charge in [-0.05, 0) is 83.9 Å². The predicted molar refractivity (Wildman–Crippen MR) is 164 cm³/mol. The van der Waals surface area contributed by atoms with Gasteiger partial charge in [0.2, 0.25) is 0 Å². The van der Waals surface area contributed by atoms with Gasteiger partial charge < -0.3 is 14.6 Å². The van der Waals surface area contributed by atoms with Crippen LogP contribution in [0.5, 0.6) is 0 Å². The summed E-state index contributed by atoms with van der Waals surface area (Å²) in [4.78, 5) is 2.27. The molecule has 7 aromatic rings. The Balaban J connectivity index is 1.13. The van der Waals surface area contributed by atoms with Crippen LogP contribution in [0.2, 0.25) is 0 Å².